The van der Waals surface area contributed by atoms with Crippen LogP contribution in [0.5, 0.6) is 0 Å². The predicted octanol–water partition coefficient (Wildman–Crippen LogP) is 2.84. The lowest BCUT2D eigenvalue weighted by molar-refractivity contribution is -0.507. The molecular formula is C20H21Cl2N6O2+. The molecule has 0 aliphatic carbocycles. The number of amidine groups is 1. The van der Waals surface area contributed by atoms with E-state index in [1.807, 2.05) is 20.8 Å². The first-order chi connectivity index (χ1) is 14.1. The van der Waals surface area contributed by atoms with E-state index in [9.17, 15) is 9.59 Å². The number of benzene rings is 1. The van der Waals surface area contributed by atoms with E-state index in [0.717, 1.165) is 21.9 Å². The lowest BCUT2D eigenvalue weighted by atomic mass is 10.1. The molecule has 2 aliphatic rings. The molecule has 3 heterocycles. The van der Waals surface area contributed by atoms with E-state index in [1.54, 1.807) is 41.6 Å². The molecule has 8 nitrogen and oxygen atoms in total. The largest absolute Gasteiger partial charge is 0.421 e. The Labute approximate surface area is 184 Å². The minimum absolute atomic E-state index is 0.0213. The zero-order chi connectivity index (χ0) is 21.9. The van der Waals surface area contributed by atoms with Crippen LogP contribution in [0.3, 0.4) is 0 Å². The second kappa shape index (κ2) is 7.21. The van der Waals surface area contributed by atoms with Crippen molar-refractivity contribution in [3.8, 4) is 0 Å². The van der Waals surface area contributed by atoms with E-state index in [1.165, 1.54) is 4.90 Å². The van der Waals surface area contributed by atoms with Gasteiger partial charge in [0, 0.05) is 28.2 Å². The maximum Gasteiger partial charge on any atom is 0.421 e. The smallest absolute Gasteiger partial charge is 0.270 e. The summed E-state index contributed by atoms with van der Waals surface area (Å²) in [5, 5.41) is 5.34. The fraction of sp³-hybridized carbons (Fsp3) is 0.350. The van der Waals surface area contributed by atoms with Gasteiger partial charge in [0.15, 0.2) is 0 Å². The van der Waals surface area contributed by atoms with Gasteiger partial charge in [-0.2, -0.15) is 0 Å². The Morgan fingerprint density at radius 2 is 1.77 bits per heavy atom. The van der Waals surface area contributed by atoms with Gasteiger partial charge in [-0.25, -0.2) is 9.37 Å². The van der Waals surface area contributed by atoms with Crippen molar-refractivity contribution in [3.05, 3.63) is 50.8 Å². The zero-order valence-corrected chi connectivity index (χ0v) is 18.8. The third-order valence-corrected chi connectivity index (χ3v) is 6.45. The van der Waals surface area contributed by atoms with Gasteiger partial charge in [0.25, 0.3) is 5.91 Å². The van der Waals surface area contributed by atoms with Crippen LogP contribution in [0.4, 0.5) is 4.79 Å². The van der Waals surface area contributed by atoms with E-state index < -0.39 is 12.1 Å². The second-order valence-corrected chi connectivity index (χ2v) is 8.27. The zero-order valence-electron chi connectivity index (χ0n) is 17.3. The van der Waals surface area contributed by atoms with Gasteiger partial charge in [0.1, 0.15) is 5.69 Å². The number of rotatable bonds is 2. The Balaban J connectivity index is 1.76. The topological polar surface area (TPSA) is 73.8 Å². The summed E-state index contributed by atoms with van der Waals surface area (Å²) < 4.78 is 3.44. The molecule has 1 fully saturated rings. The minimum atomic E-state index is -0.742. The molecule has 3 amide bonds. The molecule has 2 aliphatic heterocycles. The van der Waals surface area contributed by atoms with Crippen molar-refractivity contribution >= 4 is 46.9 Å². The van der Waals surface area contributed by atoms with Crippen LogP contribution >= 0.6 is 23.2 Å². The molecule has 2 aromatic rings. The van der Waals surface area contributed by atoms with E-state index >= 15 is 0 Å². The maximum atomic E-state index is 13.4. The van der Waals surface area contributed by atoms with E-state index in [2.05, 4.69) is 10.1 Å². The third kappa shape index (κ3) is 2.94. The highest BCUT2D eigenvalue weighted by Crippen LogP contribution is 2.28. The van der Waals surface area contributed by atoms with Crippen LogP contribution in [-0.4, -0.2) is 68.0 Å². The van der Waals surface area contributed by atoms with Gasteiger partial charge in [0.2, 0.25) is 11.9 Å². The summed E-state index contributed by atoms with van der Waals surface area (Å²) >= 11 is 12.5. The van der Waals surface area contributed by atoms with Crippen LogP contribution in [-0.2, 0) is 11.3 Å². The average Bonchev–Trinajstić information content (AvgIpc) is 3.17. The molecule has 10 heteroatoms. The number of aromatic nitrogens is 2. The SMILES string of the molecule is Cc1nn(C2=[N+](C)C3C(=O)N(Cc4c(Cl)cccc4Cl)C(=O)N(C)C3=N2)c(C)c1C. The monoisotopic (exact) mass is 447 g/mol. The fourth-order valence-electron chi connectivity index (χ4n) is 3.69. The van der Waals surface area contributed by atoms with Crippen LogP contribution in [0.15, 0.2) is 23.2 Å². The number of hydrogen-bond acceptors (Lipinski definition) is 4. The van der Waals surface area contributed by atoms with Crippen LogP contribution in [0.1, 0.15) is 22.5 Å². The van der Waals surface area contributed by atoms with Gasteiger partial charge in [-0.1, -0.05) is 34.3 Å². The molecule has 1 aromatic carbocycles. The molecule has 1 saturated heterocycles. The van der Waals surface area contributed by atoms with Gasteiger partial charge in [-0.3, -0.25) is 14.6 Å². The summed E-state index contributed by atoms with van der Waals surface area (Å²) in [6.07, 6.45) is 0. The van der Waals surface area contributed by atoms with Crippen LogP contribution in [0.2, 0.25) is 10.0 Å². The number of carbonyl (C=O) groups excluding carboxylic acids is 2. The normalized spacial score (nSPS) is 19.0. The quantitative estimate of drug-likeness (QED) is 0.664. The van der Waals surface area contributed by atoms with Crippen LogP contribution in [0.25, 0.3) is 0 Å². The molecule has 0 spiro atoms. The standard InChI is InChI=1S/C20H21Cl2N6O2/c1-10-11(2)24-28(12(10)3)19-23-17-16(25(19)4)18(29)27(20(30)26(17)5)9-13-14(21)7-6-8-15(13)22/h6-8,16H,9H2,1-5H3/q+1. The summed E-state index contributed by atoms with van der Waals surface area (Å²) in [5.41, 5.74) is 3.39. The molecule has 156 valence electrons. The number of fused-ring (bicyclic) bond motifs is 1. The van der Waals surface area contributed by atoms with E-state index in [-0.39, 0.29) is 12.5 Å². The van der Waals surface area contributed by atoms with Gasteiger partial charge in [0.05, 0.1) is 19.3 Å². The number of urea groups is 1. The second-order valence-electron chi connectivity index (χ2n) is 7.46. The van der Waals surface area contributed by atoms with E-state index in [0.29, 0.717) is 27.4 Å². The highest BCUT2D eigenvalue weighted by molar-refractivity contribution is 6.36. The number of nitrogens with zero attached hydrogens (tertiary/aromatic N) is 6. The first-order valence-electron chi connectivity index (χ1n) is 9.37. The third-order valence-electron chi connectivity index (χ3n) is 5.74. The number of aliphatic imine (C=N–C) groups is 1. The Morgan fingerprint density at radius 1 is 1.13 bits per heavy atom. The van der Waals surface area contributed by atoms with Gasteiger partial charge in [-0.15, -0.1) is 9.78 Å². The fourth-order valence-corrected chi connectivity index (χ4v) is 4.20. The summed E-state index contributed by atoms with van der Waals surface area (Å²) in [6.45, 7) is 5.83. The molecule has 30 heavy (non-hydrogen) atoms. The van der Waals surface area contributed by atoms with Crippen molar-refractivity contribution < 1.29 is 14.2 Å². The number of halogens is 2. The lowest BCUT2D eigenvalue weighted by Gasteiger charge is -2.33. The van der Waals surface area contributed by atoms with Crippen molar-refractivity contribution in [1.82, 2.24) is 19.6 Å². The van der Waals surface area contributed by atoms with Gasteiger partial charge in [-0.05, 0) is 32.9 Å². The Bertz CT molecular complexity index is 1150. The first-order valence-corrected chi connectivity index (χ1v) is 10.1. The lowest BCUT2D eigenvalue weighted by Crippen LogP contribution is -2.62. The van der Waals surface area contributed by atoms with Crippen LogP contribution in [0, 0.1) is 20.8 Å². The van der Waals surface area contributed by atoms with Gasteiger partial charge < -0.3 is 0 Å². The maximum absolute atomic E-state index is 13.4. The Kier molecular flexibility index (Phi) is 4.94. The molecule has 0 saturated carbocycles. The highest BCUT2D eigenvalue weighted by atomic mass is 35.5. The summed E-state index contributed by atoms with van der Waals surface area (Å²) in [6, 6.07) is 3.85. The van der Waals surface area contributed by atoms with E-state index in [4.69, 9.17) is 23.2 Å². The number of aryl methyl sites for hydroxylation is 1. The van der Waals surface area contributed by atoms with Crippen LogP contribution < -0.4 is 0 Å². The molecular weight excluding hydrogens is 427 g/mol. The summed E-state index contributed by atoms with van der Waals surface area (Å²) in [5.74, 6) is 0.479. The van der Waals surface area contributed by atoms with Crippen molar-refractivity contribution in [1.29, 1.82) is 0 Å². The Morgan fingerprint density at radius 3 is 2.33 bits per heavy atom. The number of hydrogen-bond donors (Lipinski definition) is 0. The number of carbonyl (C=O) groups is 2. The first kappa shape index (κ1) is 20.6. The summed E-state index contributed by atoms with van der Waals surface area (Å²) in [7, 11) is 3.37. The van der Waals surface area contributed by atoms with Crippen molar-refractivity contribution in [2.45, 2.75) is 33.4 Å². The molecule has 1 unspecified atom stereocenters. The molecule has 1 atom stereocenters. The molecule has 0 bridgehead atoms. The van der Waals surface area contributed by atoms with Crippen molar-refractivity contribution in [2.75, 3.05) is 14.1 Å². The predicted molar refractivity (Wildman–Crippen MR) is 114 cm³/mol. The van der Waals surface area contributed by atoms with Crippen molar-refractivity contribution in [2.24, 2.45) is 4.99 Å². The van der Waals surface area contributed by atoms with Crippen molar-refractivity contribution in [3.63, 3.8) is 0 Å². The minimum Gasteiger partial charge on any atom is -0.270 e. The number of likely N-dealkylation sites (N-methyl/N-ethyl adjacent to an activating group) is 2. The number of imide groups is 1. The highest BCUT2D eigenvalue weighted by Gasteiger charge is 2.52. The molecule has 1 aromatic heterocycles. The Hall–Kier alpha value is -2.71. The molecule has 0 N–H and O–H groups in total. The van der Waals surface area contributed by atoms with Gasteiger partial charge >= 0.3 is 12.0 Å². The molecule has 0 radical (unpaired) electrons. The average molecular weight is 448 g/mol. The molecule has 4 rings (SSSR count). The number of amides is 3. The summed E-state index contributed by atoms with van der Waals surface area (Å²) in [4.78, 5) is 33.5.